The Labute approximate surface area is 118 Å². The molecule has 0 spiro atoms. The minimum atomic E-state index is -0.0218. The molecular formula is C15H21N3O2. The fourth-order valence-corrected chi connectivity index (χ4v) is 3.56. The number of rotatable bonds is 2. The van der Waals surface area contributed by atoms with Crippen LogP contribution in [0, 0.1) is 5.92 Å². The fraction of sp³-hybridized carbons (Fsp3) is 0.667. The van der Waals surface area contributed by atoms with E-state index in [1.165, 1.54) is 0 Å². The molecule has 2 atom stereocenters. The highest BCUT2D eigenvalue weighted by Gasteiger charge is 2.39. The van der Waals surface area contributed by atoms with Gasteiger partial charge in [0.2, 0.25) is 0 Å². The third kappa shape index (κ3) is 2.37. The summed E-state index contributed by atoms with van der Waals surface area (Å²) in [6, 6.07) is 1.85. The highest BCUT2D eigenvalue weighted by Crippen LogP contribution is 2.33. The molecule has 0 aromatic carbocycles. The topological polar surface area (TPSA) is 55.2 Å². The van der Waals surface area contributed by atoms with Crippen molar-refractivity contribution in [2.75, 3.05) is 6.54 Å². The number of hydrogen-bond acceptors (Lipinski definition) is 3. The maximum absolute atomic E-state index is 12.6. The summed E-state index contributed by atoms with van der Waals surface area (Å²) in [6.07, 6.45) is 7.48. The van der Waals surface area contributed by atoms with Crippen molar-refractivity contribution in [1.82, 2.24) is 14.7 Å². The molecule has 1 aromatic heterocycles. The molecule has 108 valence electrons. The van der Waals surface area contributed by atoms with Crippen LogP contribution in [0.2, 0.25) is 0 Å². The van der Waals surface area contributed by atoms with Crippen LogP contribution in [-0.4, -0.2) is 39.0 Å². The monoisotopic (exact) mass is 275 g/mol. The Morgan fingerprint density at radius 2 is 2.15 bits per heavy atom. The van der Waals surface area contributed by atoms with Gasteiger partial charge in [-0.3, -0.25) is 14.3 Å². The molecular weight excluding hydrogens is 254 g/mol. The quantitative estimate of drug-likeness (QED) is 0.826. The van der Waals surface area contributed by atoms with Crippen LogP contribution in [0.3, 0.4) is 0 Å². The van der Waals surface area contributed by atoms with Gasteiger partial charge in [-0.1, -0.05) is 6.42 Å². The molecule has 0 bridgehead atoms. The van der Waals surface area contributed by atoms with E-state index in [-0.39, 0.29) is 17.9 Å². The number of aromatic nitrogens is 2. The number of carbonyl (C=O) groups is 2. The molecule has 2 unspecified atom stereocenters. The highest BCUT2D eigenvalue weighted by atomic mass is 16.2. The normalized spacial score (nSPS) is 27.1. The fourth-order valence-electron chi connectivity index (χ4n) is 3.56. The second-order valence-electron chi connectivity index (χ2n) is 5.90. The standard InChI is InChI=1S/C15H21N3O2/c1-17-10-8-12(16-17)15(20)18-9-4-6-13(18)11-5-2-3-7-14(11)19/h8,10-11,13H,2-7,9H2,1H3. The van der Waals surface area contributed by atoms with Crippen molar-refractivity contribution < 1.29 is 9.59 Å². The number of hydrogen-bond donors (Lipinski definition) is 0. The number of Topliss-reactive ketones (excluding diaryl/α,β-unsaturated/α-hetero) is 1. The summed E-state index contributed by atoms with van der Waals surface area (Å²) < 4.78 is 1.64. The first-order valence-corrected chi connectivity index (χ1v) is 7.50. The summed E-state index contributed by atoms with van der Waals surface area (Å²) in [5, 5.41) is 4.19. The van der Waals surface area contributed by atoms with E-state index in [0.717, 1.165) is 38.6 Å². The van der Waals surface area contributed by atoms with E-state index in [1.807, 2.05) is 11.9 Å². The van der Waals surface area contributed by atoms with E-state index in [9.17, 15) is 9.59 Å². The van der Waals surface area contributed by atoms with E-state index in [1.54, 1.807) is 16.9 Å². The lowest BCUT2D eigenvalue weighted by atomic mass is 9.82. The molecule has 0 N–H and O–H groups in total. The zero-order valence-electron chi connectivity index (χ0n) is 11.9. The lowest BCUT2D eigenvalue weighted by molar-refractivity contribution is -0.126. The molecule has 3 rings (SSSR count). The van der Waals surface area contributed by atoms with Gasteiger partial charge in [-0.2, -0.15) is 5.10 Å². The van der Waals surface area contributed by atoms with E-state index < -0.39 is 0 Å². The summed E-state index contributed by atoms with van der Waals surface area (Å²) >= 11 is 0. The molecule has 1 aromatic rings. The van der Waals surface area contributed by atoms with Crippen LogP contribution in [0.15, 0.2) is 12.3 Å². The van der Waals surface area contributed by atoms with E-state index in [4.69, 9.17) is 0 Å². The third-order valence-electron chi connectivity index (χ3n) is 4.56. The minimum absolute atomic E-state index is 0.0218. The van der Waals surface area contributed by atoms with Gasteiger partial charge in [0.05, 0.1) is 0 Å². The van der Waals surface area contributed by atoms with Gasteiger partial charge in [0.25, 0.3) is 5.91 Å². The first kappa shape index (κ1) is 13.3. The van der Waals surface area contributed by atoms with Crippen LogP contribution in [-0.2, 0) is 11.8 Å². The van der Waals surface area contributed by atoms with Crippen LogP contribution >= 0.6 is 0 Å². The lowest BCUT2D eigenvalue weighted by Gasteiger charge is -2.32. The number of aryl methyl sites for hydroxylation is 1. The van der Waals surface area contributed by atoms with E-state index in [0.29, 0.717) is 17.9 Å². The molecule has 1 aliphatic carbocycles. The van der Waals surface area contributed by atoms with Gasteiger partial charge < -0.3 is 4.90 Å². The van der Waals surface area contributed by atoms with Crippen molar-refractivity contribution in [3.8, 4) is 0 Å². The van der Waals surface area contributed by atoms with Crippen LogP contribution in [0.5, 0.6) is 0 Å². The van der Waals surface area contributed by atoms with Crippen LogP contribution in [0.4, 0.5) is 0 Å². The second kappa shape index (κ2) is 5.38. The number of ketones is 1. The maximum Gasteiger partial charge on any atom is 0.274 e. The zero-order chi connectivity index (χ0) is 14.1. The molecule has 1 saturated heterocycles. The summed E-state index contributed by atoms with van der Waals surface area (Å²) in [5.74, 6) is 0.382. The predicted molar refractivity (Wildman–Crippen MR) is 74.2 cm³/mol. The molecule has 0 radical (unpaired) electrons. The van der Waals surface area contributed by atoms with Gasteiger partial charge in [0.15, 0.2) is 0 Å². The average molecular weight is 275 g/mol. The number of carbonyl (C=O) groups excluding carboxylic acids is 2. The van der Waals surface area contributed by atoms with Crippen molar-refractivity contribution in [2.45, 2.75) is 44.6 Å². The summed E-state index contributed by atoms with van der Waals surface area (Å²) in [4.78, 5) is 26.6. The second-order valence-corrected chi connectivity index (χ2v) is 5.90. The van der Waals surface area contributed by atoms with Gasteiger partial charge in [-0.15, -0.1) is 0 Å². The summed E-state index contributed by atoms with van der Waals surface area (Å²) in [6.45, 7) is 0.754. The van der Waals surface area contributed by atoms with E-state index in [2.05, 4.69) is 5.10 Å². The van der Waals surface area contributed by atoms with E-state index >= 15 is 0 Å². The van der Waals surface area contributed by atoms with Gasteiger partial charge in [-0.25, -0.2) is 0 Å². The third-order valence-corrected chi connectivity index (χ3v) is 4.56. The van der Waals surface area contributed by atoms with Crippen molar-refractivity contribution >= 4 is 11.7 Å². The van der Waals surface area contributed by atoms with Gasteiger partial charge >= 0.3 is 0 Å². The Morgan fingerprint density at radius 3 is 2.85 bits per heavy atom. The molecule has 2 aliphatic rings. The zero-order valence-corrected chi connectivity index (χ0v) is 11.9. The van der Waals surface area contributed by atoms with Gasteiger partial charge in [0, 0.05) is 38.2 Å². The molecule has 1 amide bonds. The Bertz CT molecular complexity index is 523. The van der Waals surface area contributed by atoms with Crippen LogP contribution in [0.25, 0.3) is 0 Å². The molecule has 1 saturated carbocycles. The molecule has 2 heterocycles. The highest BCUT2D eigenvalue weighted by molar-refractivity contribution is 5.93. The van der Waals surface area contributed by atoms with Gasteiger partial charge in [-0.05, 0) is 31.7 Å². The van der Waals surface area contributed by atoms with Crippen molar-refractivity contribution in [2.24, 2.45) is 13.0 Å². The van der Waals surface area contributed by atoms with Gasteiger partial charge in [0.1, 0.15) is 11.5 Å². The molecule has 5 nitrogen and oxygen atoms in total. The lowest BCUT2D eigenvalue weighted by Crippen LogP contribution is -2.44. The Kier molecular flexibility index (Phi) is 3.59. The summed E-state index contributed by atoms with van der Waals surface area (Å²) in [7, 11) is 1.81. The largest absolute Gasteiger partial charge is 0.334 e. The smallest absolute Gasteiger partial charge is 0.274 e. The van der Waals surface area contributed by atoms with Crippen molar-refractivity contribution in [3.05, 3.63) is 18.0 Å². The molecule has 1 aliphatic heterocycles. The predicted octanol–water partition coefficient (Wildman–Crippen LogP) is 1.78. The summed E-state index contributed by atoms with van der Waals surface area (Å²) in [5.41, 5.74) is 0.489. The SMILES string of the molecule is Cn1ccc(C(=O)N2CCCC2C2CCCCC2=O)n1. The Morgan fingerprint density at radius 1 is 1.30 bits per heavy atom. The Hall–Kier alpha value is -1.65. The van der Waals surface area contributed by atoms with Crippen LogP contribution < -0.4 is 0 Å². The number of amides is 1. The van der Waals surface area contributed by atoms with Crippen LogP contribution in [0.1, 0.15) is 49.0 Å². The first-order chi connectivity index (χ1) is 9.66. The number of likely N-dealkylation sites (tertiary alicyclic amines) is 1. The first-order valence-electron chi connectivity index (χ1n) is 7.50. The number of nitrogens with zero attached hydrogens (tertiary/aromatic N) is 3. The molecule has 5 heteroatoms. The van der Waals surface area contributed by atoms with Crippen molar-refractivity contribution in [3.63, 3.8) is 0 Å². The molecule has 2 fully saturated rings. The van der Waals surface area contributed by atoms with Crippen molar-refractivity contribution in [1.29, 1.82) is 0 Å². The maximum atomic E-state index is 12.6. The molecule has 20 heavy (non-hydrogen) atoms. The Balaban J connectivity index is 1.78. The average Bonchev–Trinajstić information content (AvgIpc) is 3.07. The minimum Gasteiger partial charge on any atom is -0.334 e.